The molecular weight excluding hydrogens is 216 g/mol. The van der Waals surface area contributed by atoms with Gasteiger partial charge in [-0.3, -0.25) is 0 Å². The van der Waals surface area contributed by atoms with Crippen molar-refractivity contribution in [3.63, 3.8) is 0 Å². The maximum atomic E-state index is 11.5. The van der Waals surface area contributed by atoms with E-state index >= 15 is 0 Å². The van der Waals surface area contributed by atoms with Crippen molar-refractivity contribution in [2.24, 2.45) is 23.7 Å². The number of hydrogen-bond acceptors (Lipinski definition) is 3. The van der Waals surface area contributed by atoms with E-state index in [9.17, 15) is 9.90 Å². The molecule has 0 heterocycles. The van der Waals surface area contributed by atoms with Crippen LogP contribution in [0.25, 0.3) is 0 Å². The summed E-state index contributed by atoms with van der Waals surface area (Å²) in [6.07, 6.45) is 6.76. The Morgan fingerprint density at radius 3 is 2.94 bits per heavy atom. The fraction of sp³-hybridized carbons (Fsp3) is 0.786. The number of esters is 1. The fourth-order valence-electron chi connectivity index (χ4n) is 4.80. The maximum Gasteiger partial charge on any atom is 0.330 e. The Hall–Kier alpha value is -0.830. The van der Waals surface area contributed by atoms with Crippen molar-refractivity contribution in [1.29, 1.82) is 0 Å². The quantitative estimate of drug-likeness (QED) is 0.601. The predicted octanol–water partition coefficient (Wildman–Crippen LogP) is 1.90. The van der Waals surface area contributed by atoms with Crippen molar-refractivity contribution in [2.45, 2.75) is 37.7 Å². The predicted molar refractivity (Wildman–Crippen MR) is 63.2 cm³/mol. The van der Waals surface area contributed by atoms with Gasteiger partial charge in [0.15, 0.2) is 0 Å². The number of aliphatic hydroxyl groups excluding tert-OH is 1. The molecular formula is C14H20O3. The monoisotopic (exact) mass is 236 g/mol. The van der Waals surface area contributed by atoms with Crippen molar-refractivity contribution in [3.05, 3.63) is 12.7 Å². The van der Waals surface area contributed by atoms with Crippen LogP contribution < -0.4 is 0 Å². The highest BCUT2D eigenvalue weighted by atomic mass is 16.6. The van der Waals surface area contributed by atoms with E-state index in [2.05, 4.69) is 6.58 Å². The Kier molecular flexibility index (Phi) is 2.54. The molecule has 0 saturated heterocycles. The molecule has 5 atom stereocenters. The lowest BCUT2D eigenvalue weighted by Crippen LogP contribution is -2.41. The van der Waals surface area contributed by atoms with Gasteiger partial charge in [0.05, 0.1) is 0 Å². The molecule has 0 aliphatic heterocycles. The highest BCUT2D eigenvalue weighted by Crippen LogP contribution is 2.64. The summed E-state index contributed by atoms with van der Waals surface area (Å²) in [5, 5.41) is 9.45. The summed E-state index contributed by atoms with van der Waals surface area (Å²) in [5.74, 6) is 1.84. The smallest absolute Gasteiger partial charge is 0.330 e. The van der Waals surface area contributed by atoms with Crippen LogP contribution in [-0.4, -0.2) is 23.3 Å². The zero-order valence-electron chi connectivity index (χ0n) is 10.1. The Morgan fingerprint density at radius 1 is 1.41 bits per heavy atom. The third-order valence-corrected chi connectivity index (χ3v) is 5.29. The Morgan fingerprint density at radius 2 is 2.24 bits per heavy atom. The molecule has 0 spiro atoms. The van der Waals surface area contributed by atoms with Crippen LogP contribution in [0.15, 0.2) is 12.7 Å². The van der Waals surface area contributed by atoms with E-state index in [0.717, 1.165) is 12.8 Å². The first-order valence-corrected chi connectivity index (χ1v) is 6.66. The van der Waals surface area contributed by atoms with Crippen LogP contribution in [0.2, 0.25) is 0 Å². The molecule has 0 amide bonds. The van der Waals surface area contributed by atoms with Gasteiger partial charge in [0.25, 0.3) is 0 Å². The van der Waals surface area contributed by atoms with E-state index in [1.54, 1.807) is 0 Å². The minimum Gasteiger partial charge on any atom is -0.456 e. The molecule has 0 aromatic carbocycles. The van der Waals surface area contributed by atoms with E-state index in [-0.39, 0.29) is 18.2 Å². The van der Waals surface area contributed by atoms with Gasteiger partial charge >= 0.3 is 5.97 Å². The normalized spacial score (nSPS) is 46.9. The topological polar surface area (TPSA) is 46.5 Å². The van der Waals surface area contributed by atoms with E-state index in [0.29, 0.717) is 23.7 Å². The first-order chi connectivity index (χ1) is 8.20. The maximum absolute atomic E-state index is 11.5. The number of rotatable bonds is 3. The van der Waals surface area contributed by atoms with Crippen LogP contribution >= 0.6 is 0 Å². The highest BCUT2D eigenvalue weighted by Gasteiger charge is 2.64. The van der Waals surface area contributed by atoms with Gasteiger partial charge < -0.3 is 9.84 Å². The number of carbonyl (C=O) groups is 1. The number of hydrogen-bond donors (Lipinski definition) is 1. The van der Waals surface area contributed by atoms with Gasteiger partial charge in [-0.05, 0) is 43.4 Å². The minimum atomic E-state index is -0.296. The summed E-state index contributed by atoms with van der Waals surface area (Å²) in [4.78, 5) is 11.5. The van der Waals surface area contributed by atoms with Crippen molar-refractivity contribution in [2.75, 3.05) is 6.61 Å². The molecule has 1 N–H and O–H groups in total. The van der Waals surface area contributed by atoms with Crippen LogP contribution in [0.4, 0.5) is 0 Å². The second-order valence-electron chi connectivity index (χ2n) is 5.91. The molecule has 17 heavy (non-hydrogen) atoms. The highest BCUT2D eigenvalue weighted by molar-refractivity contribution is 5.81. The van der Waals surface area contributed by atoms with Crippen molar-refractivity contribution in [1.82, 2.24) is 0 Å². The first-order valence-electron chi connectivity index (χ1n) is 6.66. The Balaban J connectivity index is 1.87. The van der Waals surface area contributed by atoms with E-state index in [1.807, 2.05) is 0 Å². The van der Waals surface area contributed by atoms with Crippen molar-refractivity contribution < 1.29 is 14.6 Å². The second kappa shape index (κ2) is 3.84. The average molecular weight is 236 g/mol. The van der Waals surface area contributed by atoms with Gasteiger partial charge in [-0.15, -0.1) is 0 Å². The molecule has 3 heteroatoms. The molecule has 5 unspecified atom stereocenters. The average Bonchev–Trinajstić information content (AvgIpc) is 2.98. The summed E-state index contributed by atoms with van der Waals surface area (Å²) in [6, 6.07) is 0. The van der Waals surface area contributed by atoms with E-state index in [1.165, 1.54) is 25.3 Å². The second-order valence-corrected chi connectivity index (χ2v) is 5.91. The van der Waals surface area contributed by atoms with Gasteiger partial charge in [-0.1, -0.05) is 13.0 Å². The minimum absolute atomic E-state index is 0.237. The third kappa shape index (κ3) is 1.48. The van der Waals surface area contributed by atoms with Crippen LogP contribution in [-0.2, 0) is 9.53 Å². The number of carbonyl (C=O) groups excluding carboxylic acids is 1. The number of aliphatic hydroxyl groups is 1. The molecule has 3 aliphatic rings. The van der Waals surface area contributed by atoms with Crippen molar-refractivity contribution >= 4 is 5.97 Å². The fourth-order valence-corrected chi connectivity index (χ4v) is 4.80. The Labute approximate surface area is 102 Å². The standard InChI is InChI=1S/C14H20O3/c1-2-13(16)17-14-6-9(8-15)11(7-14)10-4-3-5-12(10)14/h2,9-12,15H,1,3-8H2. The van der Waals surface area contributed by atoms with Gasteiger partial charge in [0.1, 0.15) is 5.60 Å². The molecule has 3 aliphatic carbocycles. The number of ether oxygens (including phenoxy) is 1. The van der Waals surface area contributed by atoms with Crippen LogP contribution in [0.3, 0.4) is 0 Å². The van der Waals surface area contributed by atoms with Crippen molar-refractivity contribution in [3.8, 4) is 0 Å². The third-order valence-electron chi connectivity index (χ3n) is 5.29. The first kappa shape index (κ1) is 11.3. The summed E-state index contributed by atoms with van der Waals surface area (Å²) < 4.78 is 5.72. The lowest BCUT2D eigenvalue weighted by Gasteiger charge is -2.37. The van der Waals surface area contributed by atoms with Crippen LogP contribution in [0, 0.1) is 23.7 Å². The SMILES string of the molecule is C=CC(=O)OC12CC(CO)C(C1)C1CCCC12. The van der Waals surface area contributed by atoms with Gasteiger partial charge in [0, 0.05) is 18.6 Å². The zero-order chi connectivity index (χ0) is 12.0. The van der Waals surface area contributed by atoms with Gasteiger partial charge in [-0.2, -0.15) is 0 Å². The molecule has 3 saturated carbocycles. The largest absolute Gasteiger partial charge is 0.456 e. The molecule has 0 aromatic heterocycles. The lowest BCUT2D eigenvalue weighted by atomic mass is 9.74. The van der Waals surface area contributed by atoms with E-state index < -0.39 is 0 Å². The van der Waals surface area contributed by atoms with Crippen LogP contribution in [0.1, 0.15) is 32.1 Å². The summed E-state index contributed by atoms with van der Waals surface area (Å²) in [6.45, 7) is 3.72. The molecule has 3 nitrogen and oxygen atoms in total. The number of fused-ring (bicyclic) bond motifs is 5. The molecule has 2 bridgehead atoms. The van der Waals surface area contributed by atoms with Crippen LogP contribution in [0.5, 0.6) is 0 Å². The Bertz CT molecular complexity index is 347. The molecule has 3 fully saturated rings. The van der Waals surface area contributed by atoms with Gasteiger partial charge in [0.2, 0.25) is 0 Å². The molecule has 3 rings (SSSR count). The van der Waals surface area contributed by atoms with E-state index in [4.69, 9.17) is 4.74 Å². The summed E-state index contributed by atoms with van der Waals surface area (Å²) >= 11 is 0. The lowest BCUT2D eigenvalue weighted by molar-refractivity contribution is -0.159. The van der Waals surface area contributed by atoms with Gasteiger partial charge in [-0.25, -0.2) is 4.79 Å². The molecule has 0 aromatic rings. The zero-order valence-corrected chi connectivity index (χ0v) is 10.1. The summed E-state index contributed by atoms with van der Waals surface area (Å²) in [7, 11) is 0. The molecule has 0 radical (unpaired) electrons. The summed E-state index contributed by atoms with van der Waals surface area (Å²) in [5.41, 5.74) is -0.273. The molecule has 94 valence electrons.